The third-order valence-corrected chi connectivity index (χ3v) is 5.39. The number of anilines is 1. The van der Waals surface area contributed by atoms with Crippen LogP contribution in [0.1, 0.15) is 38.3 Å². The zero-order valence-corrected chi connectivity index (χ0v) is 17.0. The molecule has 2 atom stereocenters. The van der Waals surface area contributed by atoms with Gasteiger partial charge in [-0.25, -0.2) is 0 Å². The molecule has 26 heavy (non-hydrogen) atoms. The Balaban J connectivity index is 0.00000338. The number of amides is 2. The summed E-state index contributed by atoms with van der Waals surface area (Å²) in [4.78, 5) is 24.7. The van der Waals surface area contributed by atoms with Gasteiger partial charge in [0.15, 0.2) is 0 Å². The highest BCUT2D eigenvalue weighted by Gasteiger charge is 2.62. The molecule has 1 aliphatic carbocycles. The van der Waals surface area contributed by atoms with Gasteiger partial charge in [0.25, 0.3) is 0 Å². The highest BCUT2D eigenvalue weighted by molar-refractivity contribution is 5.97. The van der Waals surface area contributed by atoms with Crippen LogP contribution in [0.4, 0.5) is 5.69 Å². The number of nitrogens with one attached hydrogen (secondary N) is 2. The maximum Gasteiger partial charge on any atom is 0.243 e. The molecular weight excluding hydrogens is 354 g/mol. The predicted molar refractivity (Wildman–Crippen MR) is 106 cm³/mol. The van der Waals surface area contributed by atoms with Gasteiger partial charge >= 0.3 is 0 Å². The summed E-state index contributed by atoms with van der Waals surface area (Å²) in [5.41, 5.74) is 7.55. The van der Waals surface area contributed by atoms with Crippen LogP contribution in [0.3, 0.4) is 0 Å². The van der Waals surface area contributed by atoms with E-state index in [0.717, 1.165) is 16.8 Å². The average Bonchev–Trinajstić information content (AvgIpc) is 2.55. The molecule has 0 radical (unpaired) electrons. The Hall–Kier alpha value is -1.63. The summed E-state index contributed by atoms with van der Waals surface area (Å²) in [6, 6.07) is 5.80. The monoisotopic (exact) mass is 383 g/mol. The van der Waals surface area contributed by atoms with Crippen LogP contribution in [0.15, 0.2) is 18.2 Å². The molecule has 146 valence electrons. The van der Waals surface area contributed by atoms with Crippen LogP contribution in [0.5, 0.6) is 0 Å². The normalized spacial score (nSPS) is 23.4. The molecule has 1 saturated carbocycles. The summed E-state index contributed by atoms with van der Waals surface area (Å²) < 4.78 is 5.63. The third-order valence-electron chi connectivity index (χ3n) is 5.39. The van der Waals surface area contributed by atoms with Crippen LogP contribution in [-0.4, -0.2) is 36.6 Å². The Bertz CT molecular complexity index is 658. The zero-order valence-electron chi connectivity index (χ0n) is 16.1. The van der Waals surface area contributed by atoms with E-state index >= 15 is 0 Å². The van der Waals surface area contributed by atoms with Gasteiger partial charge < -0.3 is 21.1 Å². The molecule has 7 heteroatoms. The number of para-hydroxylation sites is 1. The fourth-order valence-corrected chi connectivity index (χ4v) is 3.33. The van der Waals surface area contributed by atoms with E-state index in [1.165, 1.54) is 0 Å². The minimum absolute atomic E-state index is 0. The Morgan fingerprint density at radius 3 is 2.35 bits per heavy atom. The SMILES string of the molecule is CCOC1CC(N)(C(=O)NCC(=O)Nc2c(C)cccc2C)C1(C)C.Cl. The van der Waals surface area contributed by atoms with Crippen molar-refractivity contribution in [1.29, 1.82) is 0 Å². The first-order valence-corrected chi connectivity index (χ1v) is 8.68. The van der Waals surface area contributed by atoms with E-state index in [9.17, 15) is 9.59 Å². The van der Waals surface area contributed by atoms with Crippen molar-refractivity contribution in [3.8, 4) is 0 Å². The van der Waals surface area contributed by atoms with Gasteiger partial charge in [-0.3, -0.25) is 9.59 Å². The van der Waals surface area contributed by atoms with Gasteiger partial charge in [0.2, 0.25) is 11.8 Å². The van der Waals surface area contributed by atoms with Crippen molar-refractivity contribution in [1.82, 2.24) is 5.32 Å². The number of benzene rings is 1. The number of halogens is 1. The Morgan fingerprint density at radius 2 is 1.85 bits per heavy atom. The molecule has 2 unspecified atom stereocenters. The van der Waals surface area contributed by atoms with E-state index in [2.05, 4.69) is 10.6 Å². The smallest absolute Gasteiger partial charge is 0.243 e. The second-order valence-corrected chi connectivity index (χ2v) is 7.34. The fourth-order valence-electron chi connectivity index (χ4n) is 3.33. The van der Waals surface area contributed by atoms with Crippen LogP contribution < -0.4 is 16.4 Å². The van der Waals surface area contributed by atoms with Crippen LogP contribution in [0.2, 0.25) is 0 Å². The first-order valence-electron chi connectivity index (χ1n) is 8.68. The highest BCUT2D eigenvalue weighted by atomic mass is 35.5. The number of carbonyl (C=O) groups is 2. The van der Waals surface area contributed by atoms with Crippen molar-refractivity contribution in [2.45, 2.75) is 52.7 Å². The molecule has 0 heterocycles. The lowest BCUT2D eigenvalue weighted by molar-refractivity contribution is -0.170. The van der Waals surface area contributed by atoms with Crippen LogP contribution >= 0.6 is 12.4 Å². The Morgan fingerprint density at radius 1 is 1.27 bits per heavy atom. The van der Waals surface area contributed by atoms with Gasteiger partial charge in [0, 0.05) is 24.1 Å². The molecular formula is C19H30ClN3O3. The lowest BCUT2D eigenvalue weighted by Gasteiger charge is -2.57. The molecule has 0 spiro atoms. The van der Waals surface area contributed by atoms with E-state index < -0.39 is 11.0 Å². The molecule has 1 aromatic carbocycles. The van der Waals surface area contributed by atoms with Crippen LogP contribution in [0, 0.1) is 19.3 Å². The number of aryl methyl sites for hydroxylation is 2. The van der Waals surface area contributed by atoms with E-state index in [4.69, 9.17) is 10.5 Å². The summed E-state index contributed by atoms with van der Waals surface area (Å²) in [5.74, 6) is -0.585. The molecule has 1 aliphatic rings. The molecule has 0 saturated heterocycles. The van der Waals surface area contributed by atoms with Crippen molar-refractivity contribution in [3.05, 3.63) is 29.3 Å². The molecule has 1 fully saturated rings. The van der Waals surface area contributed by atoms with Crippen LogP contribution in [0.25, 0.3) is 0 Å². The predicted octanol–water partition coefficient (Wildman–Crippen LogP) is 2.31. The number of rotatable bonds is 6. The van der Waals surface area contributed by atoms with Crippen molar-refractivity contribution < 1.29 is 14.3 Å². The largest absolute Gasteiger partial charge is 0.378 e. The third kappa shape index (κ3) is 4.03. The number of carbonyl (C=O) groups excluding carboxylic acids is 2. The summed E-state index contributed by atoms with van der Waals surface area (Å²) in [5, 5.41) is 5.52. The van der Waals surface area contributed by atoms with Gasteiger partial charge in [-0.05, 0) is 31.9 Å². The highest BCUT2D eigenvalue weighted by Crippen LogP contribution is 2.49. The minimum atomic E-state index is -1.02. The Kier molecular flexibility index (Phi) is 7.22. The van der Waals surface area contributed by atoms with Gasteiger partial charge in [-0.1, -0.05) is 32.0 Å². The number of hydrogen-bond donors (Lipinski definition) is 3. The molecule has 2 rings (SSSR count). The standard InChI is InChI=1S/C19H29N3O3.ClH/c1-6-25-14-10-19(20,18(14,4)5)17(24)21-11-15(23)22-16-12(2)8-7-9-13(16)3;/h7-9,14H,6,10-11,20H2,1-5H3,(H,21,24)(H,22,23);1H. The van der Waals surface area contributed by atoms with Crippen molar-refractivity contribution >= 4 is 29.9 Å². The lowest BCUT2D eigenvalue weighted by Crippen LogP contribution is -2.76. The van der Waals surface area contributed by atoms with Crippen molar-refractivity contribution in [2.75, 3.05) is 18.5 Å². The zero-order chi connectivity index (χ0) is 18.8. The number of ether oxygens (including phenoxy) is 1. The van der Waals surface area contributed by atoms with Crippen molar-refractivity contribution in [2.24, 2.45) is 11.1 Å². The summed E-state index contributed by atoms with van der Waals surface area (Å²) in [7, 11) is 0. The molecule has 0 aromatic heterocycles. The maximum absolute atomic E-state index is 12.5. The number of hydrogen-bond acceptors (Lipinski definition) is 4. The lowest BCUT2D eigenvalue weighted by atomic mass is 9.54. The summed E-state index contributed by atoms with van der Waals surface area (Å²) >= 11 is 0. The van der Waals surface area contributed by atoms with Crippen molar-refractivity contribution in [3.63, 3.8) is 0 Å². The second kappa shape index (κ2) is 8.37. The minimum Gasteiger partial charge on any atom is -0.378 e. The first kappa shape index (κ1) is 22.4. The summed E-state index contributed by atoms with van der Waals surface area (Å²) in [6.45, 7) is 10.1. The Labute approximate surface area is 161 Å². The molecule has 1 aromatic rings. The van der Waals surface area contributed by atoms with E-state index in [0.29, 0.717) is 13.0 Å². The molecule has 6 nitrogen and oxygen atoms in total. The average molecular weight is 384 g/mol. The van der Waals surface area contributed by atoms with E-state index in [1.807, 2.05) is 52.8 Å². The molecule has 0 bridgehead atoms. The van der Waals surface area contributed by atoms with Gasteiger partial charge in [0.05, 0.1) is 12.6 Å². The first-order chi connectivity index (χ1) is 11.6. The van der Waals surface area contributed by atoms with Crippen LogP contribution in [-0.2, 0) is 14.3 Å². The summed E-state index contributed by atoms with van der Waals surface area (Å²) in [6.07, 6.45) is 0.412. The second-order valence-electron chi connectivity index (χ2n) is 7.34. The molecule has 0 aliphatic heterocycles. The number of nitrogens with two attached hydrogens (primary N) is 1. The van der Waals surface area contributed by atoms with E-state index in [1.54, 1.807) is 0 Å². The quantitative estimate of drug-likeness (QED) is 0.702. The van der Waals surface area contributed by atoms with Gasteiger partial charge in [-0.2, -0.15) is 0 Å². The topological polar surface area (TPSA) is 93.4 Å². The molecule has 2 amide bonds. The fraction of sp³-hybridized carbons (Fsp3) is 0.579. The molecule has 4 N–H and O–H groups in total. The van der Waals surface area contributed by atoms with Gasteiger partial charge in [-0.15, -0.1) is 12.4 Å². The van der Waals surface area contributed by atoms with E-state index in [-0.39, 0.29) is 36.9 Å². The maximum atomic E-state index is 12.5. The van der Waals surface area contributed by atoms with Gasteiger partial charge in [0.1, 0.15) is 5.54 Å².